The van der Waals surface area contributed by atoms with E-state index in [0.717, 1.165) is 47.6 Å². The summed E-state index contributed by atoms with van der Waals surface area (Å²) in [7, 11) is 0. The molecule has 2 heteroatoms. The molecule has 268 valence electrons. The first-order chi connectivity index (χ1) is 26.5. The largest absolute Gasteiger partial charge is 0.238 e. The molecule has 0 heterocycles. The molecule has 3 aliphatic carbocycles. The van der Waals surface area contributed by atoms with Gasteiger partial charge in [0.25, 0.3) is 0 Å². The van der Waals surface area contributed by atoms with Crippen LogP contribution in [-0.4, -0.2) is 11.5 Å². The monoisotopic (exact) mass is 702 g/mol. The first kappa shape index (κ1) is 36.5. The van der Waals surface area contributed by atoms with Gasteiger partial charge in [-0.2, -0.15) is 0 Å². The van der Waals surface area contributed by atoms with Crippen molar-refractivity contribution in [3.8, 4) is 11.1 Å². The SMILES string of the molecule is C=C/C=C(/N=C(N=C(C)C1CC=C(C2C(C3C(C)=CC=CC=C3c3ccccc3)=CC=CC2C)CC1)c1ccccc1)c1ccc(-c2ccccc2)cc1. The molecule has 54 heavy (non-hydrogen) atoms. The number of benzene rings is 4. The summed E-state index contributed by atoms with van der Waals surface area (Å²) in [4.78, 5) is 10.5. The first-order valence-electron chi connectivity index (χ1n) is 19.4. The van der Waals surface area contributed by atoms with Gasteiger partial charge in [0.2, 0.25) is 0 Å². The predicted molar refractivity (Wildman–Crippen MR) is 232 cm³/mol. The number of hydrogen-bond donors (Lipinski definition) is 0. The van der Waals surface area contributed by atoms with E-state index >= 15 is 0 Å². The standard InChI is InChI=1S/C52H50N2/c1-5-18-49(44-33-31-42(32-34-44)41-21-9-6-10-22-41)54-52(46-25-13-8-14-26-46)53-39(4)40-29-35-45(36-30-40)50-37(2)20-17-28-48(50)51-38(3)19-15-16-27-47(51)43-23-11-7-12-24-43/h5-28,31-35,37,40,50-51H,1,29-30,36H2,2-4H3/b49-18+,53-39?,54-52?. The summed E-state index contributed by atoms with van der Waals surface area (Å²) >= 11 is 0. The molecule has 4 atom stereocenters. The van der Waals surface area contributed by atoms with Crippen LogP contribution >= 0.6 is 0 Å². The van der Waals surface area contributed by atoms with Crippen LogP contribution in [0.1, 0.15) is 56.7 Å². The Bertz CT molecular complexity index is 2220. The maximum absolute atomic E-state index is 5.31. The number of allylic oxidation sites excluding steroid dienone is 14. The third-order valence-corrected chi connectivity index (χ3v) is 11.1. The summed E-state index contributed by atoms with van der Waals surface area (Å²) in [6.07, 6.45) is 25.5. The Morgan fingerprint density at radius 1 is 0.704 bits per heavy atom. The van der Waals surface area contributed by atoms with Gasteiger partial charge >= 0.3 is 0 Å². The molecular formula is C52H50N2. The van der Waals surface area contributed by atoms with Crippen LogP contribution in [0.15, 0.2) is 209 Å². The molecule has 0 aliphatic heterocycles. The fourth-order valence-corrected chi connectivity index (χ4v) is 8.23. The van der Waals surface area contributed by atoms with Gasteiger partial charge in [0.15, 0.2) is 5.84 Å². The molecule has 4 aromatic carbocycles. The van der Waals surface area contributed by atoms with Crippen molar-refractivity contribution in [3.63, 3.8) is 0 Å². The quantitative estimate of drug-likeness (QED) is 0.0718. The van der Waals surface area contributed by atoms with E-state index in [1.54, 1.807) is 5.57 Å². The minimum atomic E-state index is 0.235. The molecule has 4 aromatic rings. The van der Waals surface area contributed by atoms with Crippen LogP contribution in [0.25, 0.3) is 22.4 Å². The highest BCUT2D eigenvalue weighted by molar-refractivity contribution is 6.09. The Morgan fingerprint density at radius 2 is 1.35 bits per heavy atom. The summed E-state index contributed by atoms with van der Waals surface area (Å²) in [5.74, 6) is 2.11. The Hall–Kier alpha value is -5.86. The van der Waals surface area contributed by atoms with E-state index in [2.05, 4.69) is 179 Å². The second kappa shape index (κ2) is 17.3. The van der Waals surface area contributed by atoms with Crippen molar-refractivity contribution in [1.82, 2.24) is 0 Å². The maximum Gasteiger partial charge on any atom is 0.159 e. The van der Waals surface area contributed by atoms with E-state index in [9.17, 15) is 0 Å². The lowest BCUT2D eigenvalue weighted by atomic mass is 9.66. The number of aliphatic imine (C=N–C) groups is 2. The van der Waals surface area contributed by atoms with E-state index in [4.69, 9.17) is 9.98 Å². The van der Waals surface area contributed by atoms with Gasteiger partial charge in [0.1, 0.15) is 0 Å². The zero-order valence-electron chi connectivity index (χ0n) is 31.8. The Balaban J connectivity index is 1.16. The van der Waals surface area contributed by atoms with E-state index in [-0.39, 0.29) is 5.92 Å². The molecular weight excluding hydrogens is 653 g/mol. The van der Waals surface area contributed by atoms with Gasteiger partial charge in [-0.25, -0.2) is 9.98 Å². The van der Waals surface area contributed by atoms with Gasteiger partial charge in [-0.15, -0.1) is 0 Å². The molecule has 0 aromatic heterocycles. The van der Waals surface area contributed by atoms with Gasteiger partial charge in [-0.1, -0.05) is 200 Å². The van der Waals surface area contributed by atoms with Crippen LogP contribution in [0, 0.1) is 23.7 Å². The fraction of sp³-hybridized carbons (Fsp3) is 0.192. The second-order valence-corrected chi connectivity index (χ2v) is 14.6. The maximum atomic E-state index is 5.31. The molecule has 0 fully saturated rings. The van der Waals surface area contributed by atoms with Crippen molar-refractivity contribution in [2.45, 2.75) is 40.0 Å². The molecule has 0 radical (unpaired) electrons. The summed E-state index contributed by atoms with van der Waals surface area (Å²) in [6, 6.07) is 40.3. The number of amidine groups is 1. The van der Waals surface area contributed by atoms with Crippen LogP contribution in [0.5, 0.6) is 0 Å². The van der Waals surface area contributed by atoms with Crippen LogP contribution in [0.2, 0.25) is 0 Å². The molecule has 2 nitrogen and oxygen atoms in total. The fourth-order valence-electron chi connectivity index (χ4n) is 8.23. The lowest BCUT2D eigenvalue weighted by Gasteiger charge is -2.38. The highest BCUT2D eigenvalue weighted by Gasteiger charge is 2.35. The molecule has 0 amide bonds. The van der Waals surface area contributed by atoms with Gasteiger partial charge in [0, 0.05) is 34.6 Å². The lowest BCUT2D eigenvalue weighted by molar-refractivity contribution is 0.469. The van der Waals surface area contributed by atoms with E-state index in [1.165, 1.54) is 33.4 Å². The highest BCUT2D eigenvalue weighted by atomic mass is 14.9. The lowest BCUT2D eigenvalue weighted by Crippen LogP contribution is -2.27. The van der Waals surface area contributed by atoms with Gasteiger partial charge in [0.05, 0.1) is 5.70 Å². The van der Waals surface area contributed by atoms with E-state index in [0.29, 0.717) is 17.8 Å². The molecule has 0 N–H and O–H groups in total. The number of rotatable bonds is 9. The van der Waals surface area contributed by atoms with Crippen molar-refractivity contribution in [1.29, 1.82) is 0 Å². The molecule has 4 unspecified atom stereocenters. The highest BCUT2D eigenvalue weighted by Crippen LogP contribution is 2.47. The second-order valence-electron chi connectivity index (χ2n) is 14.6. The Morgan fingerprint density at radius 3 is 2.02 bits per heavy atom. The smallest absolute Gasteiger partial charge is 0.159 e. The zero-order chi connectivity index (χ0) is 37.3. The minimum absolute atomic E-state index is 0.235. The predicted octanol–water partition coefficient (Wildman–Crippen LogP) is 13.5. The van der Waals surface area contributed by atoms with E-state index in [1.807, 2.05) is 24.3 Å². The van der Waals surface area contributed by atoms with Crippen LogP contribution in [-0.2, 0) is 0 Å². The van der Waals surface area contributed by atoms with Crippen LogP contribution < -0.4 is 0 Å². The molecule has 0 spiro atoms. The van der Waals surface area contributed by atoms with Crippen LogP contribution in [0.3, 0.4) is 0 Å². The summed E-state index contributed by atoms with van der Waals surface area (Å²) in [5.41, 5.74) is 13.5. The Kier molecular flexibility index (Phi) is 11.7. The van der Waals surface area contributed by atoms with Crippen molar-refractivity contribution in [3.05, 3.63) is 216 Å². The zero-order valence-corrected chi connectivity index (χ0v) is 31.8. The average molecular weight is 703 g/mol. The van der Waals surface area contributed by atoms with Crippen molar-refractivity contribution in [2.24, 2.45) is 33.7 Å². The topological polar surface area (TPSA) is 24.7 Å². The van der Waals surface area contributed by atoms with Gasteiger partial charge < -0.3 is 0 Å². The molecule has 7 rings (SSSR count). The van der Waals surface area contributed by atoms with Crippen molar-refractivity contribution < 1.29 is 0 Å². The first-order valence-corrected chi connectivity index (χ1v) is 19.4. The minimum Gasteiger partial charge on any atom is -0.238 e. The summed E-state index contributed by atoms with van der Waals surface area (Å²) in [5, 5.41) is 0. The summed E-state index contributed by atoms with van der Waals surface area (Å²) in [6.45, 7) is 10.9. The number of nitrogens with zero attached hydrogens (tertiary/aromatic N) is 2. The van der Waals surface area contributed by atoms with Gasteiger partial charge in [-0.3, -0.25) is 0 Å². The third kappa shape index (κ3) is 8.35. The van der Waals surface area contributed by atoms with Crippen molar-refractivity contribution in [2.75, 3.05) is 0 Å². The third-order valence-electron chi connectivity index (χ3n) is 11.1. The number of hydrogen-bond acceptors (Lipinski definition) is 1. The van der Waals surface area contributed by atoms with Crippen molar-refractivity contribution >= 4 is 22.8 Å². The van der Waals surface area contributed by atoms with E-state index < -0.39 is 0 Å². The molecule has 0 bridgehead atoms. The summed E-state index contributed by atoms with van der Waals surface area (Å²) < 4.78 is 0. The molecule has 0 saturated heterocycles. The van der Waals surface area contributed by atoms with Crippen LogP contribution in [0.4, 0.5) is 0 Å². The van der Waals surface area contributed by atoms with Gasteiger partial charge in [-0.05, 0) is 67.4 Å². The molecule has 0 saturated carbocycles. The average Bonchev–Trinajstić information content (AvgIpc) is 3.42. The Labute approximate surface area is 322 Å². The normalized spacial score (nSPS) is 22.1. The molecule has 3 aliphatic rings.